The number of likely N-dealkylation sites (N-methyl/N-ethyl adjacent to an activating group) is 1. The van der Waals surface area contributed by atoms with Crippen molar-refractivity contribution in [3.05, 3.63) is 35.0 Å². The van der Waals surface area contributed by atoms with E-state index in [0.29, 0.717) is 35.9 Å². The van der Waals surface area contributed by atoms with Crippen LogP contribution in [-0.4, -0.2) is 71.5 Å². The molecule has 8 nitrogen and oxygen atoms in total. The average Bonchev–Trinajstić information content (AvgIpc) is 3.52. The highest BCUT2D eigenvalue weighted by Crippen LogP contribution is 2.27. The second kappa shape index (κ2) is 11.5. The summed E-state index contributed by atoms with van der Waals surface area (Å²) in [6.07, 6.45) is 7.31. The van der Waals surface area contributed by atoms with E-state index in [1.54, 1.807) is 5.38 Å². The van der Waals surface area contributed by atoms with Crippen LogP contribution in [-0.2, 0) is 0 Å². The fourth-order valence-electron chi connectivity index (χ4n) is 4.80. The average molecular weight is 468 g/mol. The minimum absolute atomic E-state index is 0.138. The number of nitrogens with zero attached hydrogens (tertiary/aromatic N) is 5. The molecule has 33 heavy (non-hydrogen) atoms. The number of nitrogens with one attached hydrogen (secondary N) is 2. The second-order valence-corrected chi connectivity index (χ2v) is 9.88. The number of rotatable bonds is 9. The molecule has 2 aromatic heterocycles. The SMILES string of the molecule is CN(CCNC(=O)c1csc(Nc2cccc([C@@H]3CCCN(CC#N)C3)n2)n1)C1CCCC1. The van der Waals surface area contributed by atoms with Crippen molar-refractivity contribution in [1.82, 2.24) is 25.1 Å². The van der Waals surface area contributed by atoms with Crippen molar-refractivity contribution in [3.8, 4) is 6.07 Å². The van der Waals surface area contributed by atoms with Crippen LogP contribution in [0.4, 0.5) is 10.9 Å². The molecule has 3 heterocycles. The first-order valence-corrected chi connectivity index (χ1v) is 12.8. The van der Waals surface area contributed by atoms with Crippen LogP contribution in [0.1, 0.15) is 60.6 Å². The molecule has 1 saturated heterocycles. The maximum Gasteiger partial charge on any atom is 0.270 e. The van der Waals surface area contributed by atoms with Gasteiger partial charge < -0.3 is 15.5 Å². The lowest BCUT2D eigenvalue weighted by Gasteiger charge is -2.30. The van der Waals surface area contributed by atoms with Gasteiger partial charge in [0.15, 0.2) is 5.13 Å². The highest BCUT2D eigenvalue weighted by molar-refractivity contribution is 7.14. The Morgan fingerprint density at radius 1 is 1.27 bits per heavy atom. The van der Waals surface area contributed by atoms with Gasteiger partial charge in [0.25, 0.3) is 5.91 Å². The largest absolute Gasteiger partial charge is 0.349 e. The standard InChI is InChI=1S/C24H33N7OS/c1-30(19-7-2-3-8-19)15-12-26-23(32)21-17-33-24(28-21)29-22-10-4-9-20(27-22)18-6-5-13-31(16-18)14-11-25/h4,9-10,17-19H,2-3,5-8,12-16H2,1H3,(H,26,32)(H,27,28,29)/t18-/m1/s1. The molecule has 0 spiro atoms. The third kappa shape index (κ3) is 6.50. The minimum Gasteiger partial charge on any atom is -0.349 e. The van der Waals surface area contributed by atoms with Crippen molar-refractivity contribution >= 4 is 28.2 Å². The summed E-state index contributed by atoms with van der Waals surface area (Å²) < 4.78 is 0. The van der Waals surface area contributed by atoms with Crippen LogP contribution in [0.25, 0.3) is 0 Å². The molecular formula is C24H33N7OS. The van der Waals surface area contributed by atoms with Gasteiger partial charge in [-0.05, 0) is 51.4 Å². The van der Waals surface area contributed by atoms with Gasteiger partial charge in [-0.1, -0.05) is 18.9 Å². The van der Waals surface area contributed by atoms with Gasteiger partial charge in [-0.3, -0.25) is 9.69 Å². The zero-order valence-electron chi connectivity index (χ0n) is 19.3. The molecule has 1 saturated carbocycles. The van der Waals surface area contributed by atoms with Crippen LogP contribution in [0.3, 0.4) is 0 Å². The Balaban J connectivity index is 1.29. The summed E-state index contributed by atoms with van der Waals surface area (Å²) in [4.78, 5) is 26.3. The number of amides is 1. The summed E-state index contributed by atoms with van der Waals surface area (Å²) in [7, 11) is 2.14. The van der Waals surface area contributed by atoms with Gasteiger partial charge in [0.1, 0.15) is 11.5 Å². The van der Waals surface area contributed by atoms with E-state index in [4.69, 9.17) is 10.2 Å². The molecule has 1 aliphatic heterocycles. The van der Waals surface area contributed by atoms with Crippen molar-refractivity contribution in [2.75, 3.05) is 45.1 Å². The summed E-state index contributed by atoms with van der Waals surface area (Å²) in [6, 6.07) is 8.87. The first-order valence-electron chi connectivity index (χ1n) is 11.9. The van der Waals surface area contributed by atoms with Crippen LogP contribution >= 0.6 is 11.3 Å². The lowest BCUT2D eigenvalue weighted by Crippen LogP contribution is -2.37. The number of anilines is 2. The van der Waals surface area contributed by atoms with Crippen LogP contribution < -0.4 is 10.6 Å². The number of carbonyl (C=O) groups is 1. The Morgan fingerprint density at radius 2 is 2.12 bits per heavy atom. The lowest BCUT2D eigenvalue weighted by molar-refractivity contribution is 0.0943. The number of aromatic nitrogens is 2. The zero-order valence-corrected chi connectivity index (χ0v) is 20.1. The Bertz CT molecular complexity index is 966. The van der Waals surface area contributed by atoms with Gasteiger partial charge in [-0.25, -0.2) is 9.97 Å². The Labute approximate surface area is 200 Å². The first kappa shape index (κ1) is 23.6. The van der Waals surface area contributed by atoms with Crippen LogP contribution in [0.5, 0.6) is 0 Å². The minimum atomic E-state index is -0.138. The number of hydrogen-bond acceptors (Lipinski definition) is 8. The predicted octanol–water partition coefficient (Wildman–Crippen LogP) is 3.59. The number of thiazole rings is 1. The molecule has 2 N–H and O–H groups in total. The second-order valence-electron chi connectivity index (χ2n) is 9.02. The van der Waals surface area contributed by atoms with Crippen molar-refractivity contribution < 1.29 is 4.79 Å². The molecule has 0 unspecified atom stereocenters. The van der Waals surface area contributed by atoms with Crippen LogP contribution in [0, 0.1) is 11.3 Å². The van der Waals surface area contributed by atoms with Crippen LogP contribution in [0.2, 0.25) is 0 Å². The third-order valence-electron chi connectivity index (χ3n) is 6.66. The third-order valence-corrected chi connectivity index (χ3v) is 7.42. The quantitative estimate of drug-likeness (QED) is 0.544. The molecule has 1 atom stereocenters. The number of piperidine rings is 1. The highest BCUT2D eigenvalue weighted by Gasteiger charge is 2.22. The number of hydrogen-bond donors (Lipinski definition) is 2. The smallest absolute Gasteiger partial charge is 0.270 e. The van der Waals surface area contributed by atoms with E-state index < -0.39 is 0 Å². The van der Waals surface area contributed by atoms with E-state index >= 15 is 0 Å². The fraction of sp³-hybridized carbons (Fsp3) is 0.583. The van der Waals surface area contributed by atoms with Gasteiger partial charge in [0.05, 0.1) is 12.6 Å². The molecule has 9 heteroatoms. The number of carbonyl (C=O) groups excluding carboxylic acids is 1. The maximum absolute atomic E-state index is 12.5. The molecule has 2 fully saturated rings. The first-order chi connectivity index (χ1) is 16.1. The predicted molar refractivity (Wildman–Crippen MR) is 131 cm³/mol. The Kier molecular flexibility index (Phi) is 8.26. The molecule has 0 radical (unpaired) electrons. The molecule has 176 valence electrons. The summed E-state index contributed by atoms with van der Waals surface area (Å²) >= 11 is 1.40. The van der Waals surface area contributed by atoms with Gasteiger partial charge >= 0.3 is 0 Å². The Hall–Kier alpha value is -2.54. The molecule has 2 aliphatic rings. The van der Waals surface area contributed by atoms with Crippen molar-refractivity contribution in [2.24, 2.45) is 0 Å². The van der Waals surface area contributed by atoms with E-state index in [1.165, 1.54) is 37.0 Å². The lowest BCUT2D eigenvalue weighted by atomic mass is 9.94. The normalized spacial score (nSPS) is 19.5. The molecule has 2 aromatic rings. The van der Waals surface area contributed by atoms with Crippen LogP contribution in [0.15, 0.2) is 23.6 Å². The fourth-order valence-corrected chi connectivity index (χ4v) is 5.50. The molecule has 1 amide bonds. The number of pyridine rings is 1. The summed E-state index contributed by atoms with van der Waals surface area (Å²) in [5.74, 6) is 0.916. The van der Waals surface area contributed by atoms with Crippen molar-refractivity contribution in [3.63, 3.8) is 0 Å². The van der Waals surface area contributed by atoms with Gasteiger partial charge in [-0.15, -0.1) is 11.3 Å². The van der Waals surface area contributed by atoms with E-state index in [2.05, 4.69) is 44.6 Å². The van der Waals surface area contributed by atoms with Gasteiger partial charge in [-0.2, -0.15) is 5.26 Å². The van der Waals surface area contributed by atoms with E-state index in [-0.39, 0.29) is 5.91 Å². The van der Waals surface area contributed by atoms with Crippen molar-refractivity contribution in [1.29, 1.82) is 5.26 Å². The van der Waals surface area contributed by atoms with E-state index in [1.807, 2.05) is 12.1 Å². The van der Waals surface area contributed by atoms with Crippen molar-refractivity contribution in [2.45, 2.75) is 50.5 Å². The molecule has 0 bridgehead atoms. The molecular weight excluding hydrogens is 434 g/mol. The Morgan fingerprint density at radius 3 is 2.94 bits per heavy atom. The monoisotopic (exact) mass is 467 g/mol. The molecule has 1 aliphatic carbocycles. The summed E-state index contributed by atoms with van der Waals surface area (Å²) in [5.41, 5.74) is 1.46. The van der Waals surface area contributed by atoms with Gasteiger partial charge in [0.2, 0.25) is 0 Å². The molecule has 4 rings (SSSR count). The topological polar surface area (TPSA) is 97.2 Å². The highest BCUT2D eigenvalue weighted by atomic mass is 32.1. The zero-order chi connectivity index (χ0) is 23.0. The maximum atomic E-state index is 12.5. The van der Waals surface area contributed by atoms with Gasteiger partial charge in [0, 0.05) is 42.7 Å². The number of nitriles is 1. The summed E-state index contributed by atoms with van der Waals surface area (Å²) in [6.45, 7) is 3.79. The molecule has 0 aromatic carbocycles. The van der Waals surface area contributed by atoms with E-state index in [0.717, 1.165) is 44.0 Å². The summed E-state index contributed by atoms with van der Waals surface area (Å²) in [5, 5.41) is 17.7. The number of likely N-dealkylation sites (tertiary alicyclic amines) is 1. The van der Waals surface area contributed by atoms with E-state index in [9.17, 15) is 4.79 Å².